The second-order valence-corrected chi connectivity index (χ2v) is 9.52. The van der Waals surface area contributed by atoms with E-state index in [-0.39, 0.29) is 11.6 Å². The van der Waals surface area contributed by atoms with Crippen LogP contribution in [0.4, 0.5) is 4.39 Å². The van der Waals surface area contributed by atoms with Crippen LogP contribution in [0.2, 0.25) is 0 Å². The van der Waals surface area contributed by atoms with Crippen LogP contribution in [0, 0.1) is 5.82 Å². The average molecular weight is 630 g/mol. The zero-order chi connectivity index (χ0) is 33.4. The lowest BCUT2D eigenvalue weighted by molar-refractivity contribution is -0.345. The second-order valence-electron chi connectivity index (χ2n) is 9.52. The van der Waals surface area contributed by atoms with Crippen molar-refractivity contribution in [2.45, 2.75) is 32.9 Å². The lowest BCUT2D eigenvalue weighted by Gasteiger charge is -2.34. The molecule has 3 aromatic rings. The largest absolute Gasteiger partial charge is 0.543 e. The maximum atomic E-state index is 13.0. The molecular weight excluding hydrogens is 597 g/mol. The fraction of sp³-hybridized carbons (Fsp3) is 0.414. The van der Waals surface area contributed by atoms with Gasteiger partial charge in [0.15, 0.2) is 11.4 Å². The number of benzene rings is 1. The van der Waals surface area contributed by atoms with Crippen molar-refractivity contribution in [1.29, 1.82) is 0 Å². The quantitative estimate of drug-likeness (QED) is 0.113. The van der Waals surface area contributed by atoms with Crippen molar-refractivity contribution < 1.29 is 53.5 Å². The summed E-state index contributed by atoms with van der Waals surface area (Å²) < 4.78 is 20.8. The highest BCUT2D eigenvalue weighted by Crippen LogP contribution is 2.17. The van der Waals surface area contributed by atoms with Crippen molar-refractivity contribution in [2.24, 2.45) is 0 Å². The average Bonchev–Trinajstić information content (AvgIpc) is 3.35. The Hall–Kier alpha value is -4.80. The molecule has 0 atom stereocenters. The van der Waals surface area contributed by atoms with Gasteiger partial charge in [-0.25, -0.2) is 14.4 Å². The summed E-state index contributed by atoms with van der Waals surface area (Å²) in [6.45, 7) is 9.67. The number of aromatic nitrogens is 3. The molecule has 1 saturated heterocycles. The van der Waals surface area contributed by atoms with Crippen LogP contribution in [0.15, 0.2) is 42.6 Å². The lowest BCUT2D eigenvalue weighted by atomic mass is 10.1. The van der Waals surface area contributed by atoms with E-state index in [2.05, 4.69) is 19.4 Å². The Morgan fingerprint density at radius 1 is 0.844 bits per heavy atom. The molecule has 1 fully saturated rings. The van der Waals surface area contributed by atoms with Crippen molar-refractivity contribution >= 4 is 40.8 Å². The van der Waals surface area contributed by atoms with Gasteiger partial charge in [0.1, 0.15) is 17.2 Å². The topological polar surface area (TPSA) is 224 Å². The summed E-state index contributed by atoms with van der Waals surface area (Å²) >= 11 is 0. The van der Waals surface area contributed by atoms with Crippen LogP contribution in [0.5, 0.6) is 0 Å². The Labute approximate surface area is 257 Å². The van der Waals surface area contributed by atoms with E-state index < -0.39 is 23.9 Å². The number of nitrogens with zero attached hydrogens (tertiary/aromatic N) is 5. The molecule has 0 radical (unpaired) electrons. The number of fused-ring (bicyclic) bond motifs is 1. The first-order valence-corrected chi connectivity index (χ1v) is 13.9. The maximum absolute atomic E-state index is 13.0. The molecule has 0 saturated carbocycles. The number of pyridine rings is 1. The Bertz CT molecular complexity index is 1390. The maximum Gasteiger partial charge on any atom is 0.162 e. The second kappa shape index (κ2) is 18.8. The lowest BCUT2D eigenvalue weighted by Crippen LogP contribution is -2.46. The van der Waals surface area contributed by atoms with Crippen LogP contribution in [-0.4, -0.2) is 99.9 Å². The third-order valence-electron chi connectivity index (χ3n) is 6.45. The van der Waals surface area contributed by atoms with Crippen LogP contribution in [-0.2, 0) is 37.0 Å². The highest BCUT2D eigenvalue weighted by atomic mass is 19.1. The molecule has 1 aliphatic heterocycles. The Morgan fingerprint density at radius 3 is 1.98 bits per heavy atom. The van der Waals surface area contributed by atoms with E-state index in [4.69, 9.17) is 49.3 Å². The summed E-state index contributed by atoms with van der Waals surface area (Å²) in [7, 11) is 0. The van der Waals surface area contributed by atoms with Crippen molar-refractivity contribution in [3.05, 3.63) is 59.8 Å². The monoisotopic (exact) mass is 629 g/mol. The van der Waals surface area contributed by atoms with Gasteiger partial charge in [-0.1, -0.05) is 0 Å². The van der Waals surface area contributed by atoms with E-state index in [0.717, 1.165) is 69.2 Å². The predicted molar refractivity (Wildman–Crippen MR) is 146 cm³/mol. The molecule has 15 nitrogen and oxygen atoms in total. The number of halogens is 1. The molecule has 0 unspecified atom stereocenters. The first-order chi connectivity index (χ1) is 21.4. The number of piperazine rings is 1. The van der Waals surface area contributed by atoms with Gasteiger partial charge in [0.25, 0.3) is 0 Å². The number of imidazole rings is 1. The Kier molecular flexibility index (Phi) is 15.2. The number of hydrogen-bond donors (Lipinski definition) is 0. The van der Waals surface area contributed by atoms with E-state index in [1.54, 1.807) is 12.1 Å². The number of hydrogen-bond acceptors (Lipinski definition) is 14. The normalized spacial score (nSPS) is 13.2. The highest BCUT2D eigenvalue weighted by molar-refractivity contribution is 6.25. The molecule has 1 aliphatic rings. The highest BCUT2D eigenvalue weighted by Gasteiger charge is 2.20. The number of carbonyl (C=O) groups excluding carboxylic acids is 5. The number of carboxylic acids is 4. The molecule has 0 amide bonds. The molecular formula is C29H32FN5O10-4. The summed E-state index contributed by atoms with van der Waals surface area (Å²) in [5.41, 5.74) is 2.42. The standard InChI is InChI=1S/C25H32FN5O2.2C2H2O4/c1-2-33-18-17-31-24(28-22-5-3-11-27-25(22)31)19-30-15-13-29(14-16-30)12-4-6-23(32)20-7-9-21(26)10-8-20;2*3-1(4)2(5)6/h3,5,7-11H,2,4,6,12-19H2,1H3;2*(H,3,4)(H,5,6)/p-4. The number of Topliss-reactive ketones (excluding diaryl/α,β-unsaturated/α-hetero) is 1. The Balaban J connectivity index is 0.000000499. The first-order valence-electron chi connectivity index (χ1n) is 13.9. The molecule has 0 N–H and O–H groups in total. The van der Waals surface area contributed by atoms with Gasteiger partial charge < -0.3 is 53.8 Å². The summed E-state index contributed by atoms with van der Waals surface area (Å²) in [4.78, 5) is 62.2. The first kappa shape index (κ1) is 36.4. The molecule has 244 valence electrons. The fourth-order valence-corrected chi connectivity index (χ4v) is 4.28. The van der Waals surface area contributed by atoms with Gasteiger partial charge in [0.05, 0.1) is 37.0 Å². The zero-order valence-corrected chi connectivity index (χ0v) is 24.5. The van der Waals surface area contributed by atoms with Gasteiger partial charge in [0, 0.05) is 57.5 Å². The number of aliphatic carboxylic acids is 4. The molecule has 16 heteroatoms. The van der Waals surface area contributed by atoms with Gasteiger partial charge in [0.2, 0.25) is 0 Å². The van der Waals surface area contributed by atoms with Gasteiger partial charge in [-0.3, -0.25) is 9.69 Å². The third kappa shape index (κ3) is 12.8. The van der Waals surface area contributed by atoms with Crippen molar-refractivity contribution in [1.82, 2.24) is 24.3 Å². The molecule has 2 aromatic heterocycles. The van der Waals surface area contributed by atoms with Gasteiger partial charge >= 0.3 is 0 Å². The van der Waals surface area contributed by atoms with Crippen LogP contribution in [0.1, 0.15) is 35.9 Å². The molecule has 1 aromatic carbocycles. The summed E-state index contributed by atoms with van der Waals surface area (Å²) in [5.74, 6) is -7.95. The van der Waals surface area contributed by atoms with Crippen molar-refractivity contribution in [2.75, 3.05) is 45.9 Å². The molecule has 0 spiro atoms. The van der Waals surface area contributed by atoms with Crippen LogP contribution in [0.25, 0.3) is 11.2 Å². The number of ether oxygens (including phenoxy) is 1. The minimum absolute atomic E-state index is 0.0770. The van der Waals surface area contributed by atoms with Gasteiger partial charge in [-0.15, -0.1) is 0 Å². The molecule has 45 heavy (non-hydrogen) atoms. The molecule has 0 aliphatic carbocycles. The van der Waals surface area contributed by atoms with E-state index >= 15 is 0 Å². The number of rotatable bonds is 11. The van der Waals surface area contributed by atoms with Crippen LogP contribution in [0.3, 0.4) is 0 Å². The SMILES string of the molecule is CCOCCn1c(CN2CCN(CCCC(=O)c3ccc(F)cc3)CC2)nc2cccnc21.O=C([O-])C(=O)[O-].O=C([O-])C(=O)[O-]. The summed E-state index contributed by atoms with van der Waals surface area (Å²) in [6.07, 6.45) is 3.11. The van der Waals surface area contributed by atoms with Crippen LogP contribution >= 0.6 is 0 Å². The fourth-order valence-electron chi connectivity index (χ4n) is 4.28. The van der Waals surface area contributed by atoms with E-state index in [1.165, 1.54) is 12.1 Å². The van der Waals surface area contributed by atoms with Gasteiger partial charge in [-0.2, -0.15) is 0 Å². The number of carbonyl (C=O) groups is 5. The van der Waals surface area contributed by atoms with E-state index in [0.29, 0.717) is 25.2 Å². The van der Waals surface area contributed by atoms with Gasteiger partial charge in [-0.05, 0) is 56.3 Å². The van der Waals surface area contributed by atoms with Crippen molar-refractivity contribution in [3.8, 4) is 0 Å². The van der Waals surface area contributed by atoms with E-state index in [1.807, 2.05) is 25.3 Å². The summed E-state index contributed by atoms with van der Waals surface area (Å²) in [6, 6.07) is 9.74. The Morgan fingerprint density at radius 2 is 1.42 bits per heavy atom. The third-order valence-corrected chi connectivity index (χ3v) is 6.45. The zero-order valence-electron chi connectivity index (χ0n) is 24.5. The molecule has 0 bridgehead atoms. The predicted octanol–water partition coefficient (Wildman–Crippen LogP) is -3.64. The summed E-state index contributed by atoms with van der Waals surface area (Å²) in [5, 5.41) is 35.7. The van der Waals surface area contributed by atoms with Crippen LogP contribution < -0.4 is 20.4 Å². The smallest absolute Gasteiger partial charge is 0.162 e. The molecule has 4 rings (SSSR count). The number of carboxylic acid groups (broad SMARTS) is 4. The van der Waals surface area contributed by atoms with E-state index in [9.17, 15) is 9.18 Å². The molecule has 3 heterocycles. The van der Waals surface area contributed by atoms with Crippen molar-refractivity contribution in [3.63, 3.8) is 0 Å². The number of ketones is 1. The minimum atomic E-state index is -2.19. The minimum Gasteiger partial charge on any atom is -0.543 e.